The van der Waals surface area contributed by atoms with E-state index in [2.05, 4.69) is 76.2 Å². The molecule has 4 fully saturated rings. The fraction of sp³-hybridized carbons (Fsp3) is 0.793. The molecule has 4 aliphatic rings. The summed E-state index contributed by atoms with van der Waals surface area (Å²) in [4.78, 5) is 0. The van der Waals surface area contributed by atoms with E-state index >= 15 is 0 Å². The van der Waals surface area contributed by atoms with E-state index in [9.17, 15) is 0 Å². The van der Waals surface area contributed by atoms with Crippen molar-refractivity contribution in [1.29, 1.82) is 0 Å². The molecule has 7 atom stereocenters. The van der Waals surface area contributed by atoms with Crippen LogP contribution in [-0.4, -0.2) is 58.2 Å². The highest BCUT2D eigenvalue weighted by Gasteiger charge is 2.49. The molecule has 7 unspecified atom stereocenters. The fourth-order valence-corrected chi connectivity index (χ4v) is 26.4. The summed E-state index contributed by atoms with van der Waals surface area (Å²) in [5.41, 5.74) is 0. The van der Waals surface area contributed by atoms with Gasteiger partial charge in [0.25, 0.3) is 0 Å². The summed E-state index contributed by atoms with van der Waals surface area (Å²) < 4.78 is 33.0. The van der Waals surface area contributed by atoms with E-state index in [1.165, 1.54) is 68.6 Å². The van der Waals surface area contributed by atoms with E-state index in [4.69, 9.17) is 21.8 Å². The van der Waals surface area contributed by atoms with Crippen molar-refractivity contribution in [3.63, 3.8) is 0 Å². The van der Waals surface area contributed by atoms with E-state index in [1.54, 1.807) is 0 Å². The van der Waals surface area contributed by atoms with Crippen molar-refractivity contribution >= 4 is 38.9 Å². The molecule has 5 rings (SSSR count). The van der Waals surface area contributed by atoms with Gasteiger partial charge in [-0.1, -0.05) is 43.2 Å². The Labute approximate surface area is 236 Å². The molecule has 2 saturated carbocycles. The minimum atomic E-state index is -2.67. The van der Waals surface area contributed by atoms with Crippen LogP contribution in [0.1, 0.15) is 51.4 Å². The summed E-state index contributed by atoms with van der Waals surface area (Å²) in [6.07, 6.45) is 12.5. The first kappa shape index (κ1) is 29.4. The van der Waals surface area contributed by atoms with Crippen molar-refractivity contribution in [2.45, 2.75) is 134 Å². The van der Waals surface area contributed by atoms with Gasteiger partial charge in [0.1, 0.15) is 0 Å². The highest BCUT2D eigenvalue weighted by molar-refractivity contribution is 6.95. The second kappa shape index (κ2) is 11.3. The quantitative estimate of drug-likeness (QED) is 0.182. The van der Waals surface area contributed by atoms with Crippen LogP contribution in [0.4, 0.5) is 0 Å². The molecule has 0 bridgehead atoms. The van der Waals surface area contributed by atoms with Crippen molar-refractivity contribution in [1.82, 2.24) is 0 Å². The van der Waals surface area contributed by atoms with Crippen LogP contribution in [0.3, 0.4) is 0 Å². The van der Waals surface area contributed by atoms with E-state index < -0.39 is 33.8 Å². The molecule has 9 heteroatoms. The van der Waals surface area contributed by atoms with E-state index in [0.29, 0.717) is 24.4 Å². The summed E-state index contributed by atoms with van der Waals surface area (Å²) in [6, 6.07) is 13.2. The molecule has 5 nitrogen and oxygen atoms in total. The number of rotatable bonds is 13. The summed E-state index contributed by atoms with van der Waals surface area (Å²) in [5, 5.41) is 1.23. The zero-order chi connectivity index (χ0) is 27.2. The maximum absolute atomic E-state index is 7.24. The molecule has 0 spiro atoms. The van der Waals surface area contributed by atoms with Crippen LogP contribution in [0.15, 0.2) is 30.3 Å². The minimum absolute atomic E-state index is 0.556. The van der Waals surface area contributed by atoms with Gasteiger partial charge in [0, 0.05) is 0 Å². The molecule has 2 aliphatic carbocycles. The lowest BCUT2D eigenvalue weighted by atomic mass is 9.88. The van der Waals surface area contributed by atoms with Gasteiger partial charge in [-0.15, -0.1) is 0 Å². The van der Waals surface area contributed by atoms with Gasteiger partial charge in [-0.05, 0) is 113 Å². The number of ether oxygens (including phenoxy) is 2. The highest BCUT2D eigenvalue weighted by atomic mass is 28.5. The van der Waals surface area contributed by atoms with E-state index in [-0.39, 0.29) is 0 Å². The van der Waals surface area contributed by atoms with Gasteiger partial charge in [-0.2, -0.15) is 0 Å². The van der Waals surface area contributed by atoms with Gasteiger partial charge in [0.2, 0.25) is 0 Å². The molecule has 214 valence electrons. The van der Waals surface area contributed by atoms with Crippen LogP contribution in [0, 0.1) is 11.8 Å². The second-order valence-corrected chi connectivity index (χ2v) is 30.2. The summed E-state index contributed by atoms with van der Waals surface area (Å²) in [6.45, 7) is 16.4. The van der Waals surface area contributed by atoms with Crippen LogP contribution < -0.4 is 5.19 Å². The monoisotopic (exact) mass is 592 g/mol. The summed E-state index contributed by atoms with van der Waals surface area (Å²) in [5.74, 6) is 1.60. The predicted octanol–water partition coefficient (Wildman–Crippen LogP) is 7.04. The molecule has 1 aromatic rings. The Bertz CT molecular complexity index is 944. The van der Waals surface area contributed by atoms with Gasteiger partial charge < -0.3 is 21.8 Å². The van der Waals surface area contributed by atoms with Crippen LogP contribution >= 0.6 is 0 Å². The molecule has 1 aromatic carbocycles. The van der Waals surface area contributed by atoms with Crippen LogP contribution in [0.5, 0.6) is 0 Å². The van der Waals surface area contributed by atoms with E-state index in [1.807, 2.05) is 0 Å². The number of hydrogen-bond donors (Lipinski definition) is 0. The second-order valence-electron chi connectivity index (χ2n) is 14.4. The lowest BCUT2D eigenvalue weighted by molar-refractivity contribution is 0.324. The maximum atomic E-state index is 7.24. The molecule has 2 aliphatic heterocycles. The molecule has 0 aromatic heterocycles. The third-order valence-electron chi connectivity index (χ3n) is 9.27. The van der Waals surface area contributed by atoms with Gasteiger partial charge in [0.05, 0.1) is 24.4 Å². The Balaban J connectivity index is 1.20. The first-order valence-corrected chi connectivity index (χ1v) is 26.6. The normalized spacial score (nSPS) is 32.7. The molecule has 0 amide bonds. The Hall–Kier alpha value is -0.112. The molecular formula is C29H52O5Si4. The predicted molar refractivity (Wildman–Crippen MR) is 164 cm³/mol. The molecule has 2 heterocycles. The molecule has 0 N–H and O–H groups in total. The third kappa shape index (κ3) is 8.00. The SMILES string of the molecule is C[Si](C)(CCC1CCC2OC2C1)O[Si](C)(C)O[Si](C)(O[Si](C)(C)CCC1CCC2OC2C1)c1ccccc1. The van der Waals surface area contributed by atoms with Crippen LogP contribution in [0.25, 0.3) is 0 Å². The average molecular weight is 593 g/mol. The standard InChI is InChI=1S/C29H52O5Si4/c1-35(2,19-17-23-13-15-26-28(21-23)30-26)32-37(5,6)34-38(7,25-11-9-8-10-12-25)33-36(3,4)20-18-24-14-16-27-29(22-24)31-27/h8-12,23-24,26-29H,13-22H2,1-7H3. The maximum Gasteiger partial charge on any atom is 0.350 e. The van der Waals surface area contributed by atoms with Crippen LogP contribution in [0.2, 0.25) is 57.9 Å². The van der Waals surface area contributed by atoms with Gasteiger partial charge in [0.15, 0.2) is 16.6 Å². The fourth-order valence-electron chi connectivity index (χ4n) is 7.27. The van der Waals surface area contributed by atoms with Crippen LogP contribution in [-0.2, 0) is 21.8 Å². The topological polar surface area (TPSA) is 52.8 Å². The molecule has 38 heavy (non-hydrogen) atoms. The smallest absolute Gasteiger partial charge is 0.350 e. The Kier molecular flexibility index (Phi) is 8.72. The highest BCUT2D eigenvalue weighted by Crippen LogP contribution is 2.43. The Morgan fingerprint density at radius 1 is 0.632 bits per heavy atom. The van der Waals surface area contributed by atoms with Gasteiger partial charge in [-0.3, -0.25) is 0 Å². The summed E-state index contributed by atoms with van der Waals surface area (Å²) >= 11 is 0. The number of epoxide rings is 2. The van der Waals surface area contributed by atoms with Crippen molar-refractivity contribution in [2.75, 3.05) is 0 Å². The van der Waals surface area contributed by atoms with Crippen molar-refractivity contribution in [3.05, 3.63) is 30.3 Å². The number of hydrogen-bond acceptors (Lipinski definition) is 5. The van der Waals surface area contributed by atoms with Crippen molar-refractivity contribution in [2.24, 2.45) is 11.8 Å². The number of benzene rings is 1. The first-order valence-electron chi connectivity index (χ1n) is 15.3. The Morgan fingerprint density at radius 2 is 1.13 bits per heavy atom. The van der Waals surface area contributed by atoms with Crippen molar-refractivity contribution < 1.29 is 21.8 Å². The Morgan fingerprint density at radius 3 is 1.63 bits per heavy atom. The lowest BCUT2D eigenvalue weighted by Gasteiger charge is -2.43. The van der Waals surface area contributed by atoms with Crippen molar-refractivity contribution in [3.8, 4) is 0 Å². The zero-order valence-corrected chi connectivity index (χ0v) is 29.0. The lowest BCUT2D eigenvalue weighted by Crippen LogP contribution is -2.63. The molecule has 0 radical (unpaired) electrons. The largest absolute Gasteiger partial charge is 0.436 e. The first-order chi connectivity index (χ1) is 17.8. The minimum Gasteiger partial charge on any atom is -0.436 e. The third-order valence-corrected chi connectivity index (χ3v) is 25.1. The van der Waals surface area contributed by atoms with E-state index in [0.717, 1.165) is 11.8 Å². The number of fused-ring (bicyclic) bond motifs is 2. The van der Waals surface area contributed by atoms with Gasteiger partial charge in [-0.25, -0.2) is 0 Å². The zero-order valence-electron chi connectivity index (χ0n) is 25.0. The summed E-state index contributed by atoms with van der Waals surface area (Å²) in [7, 11) is -8.91. The molecule has 2 saturated heterocycles. The molecular weight excluding hydrogens is 541 g/mol. The van der Waals surface area contributed by atoms with Gasteiger partial charge >= 0.3 is 17.1 Å². The average Bonchev–Trinajstić information content (AvgIpc) is 3.75.